The topological polar surface area (TPSA) is 130 Å². The quantitative estimate of drug-likeness (QED) is 0.369. The van der Waals surface area contributed by atoms with E-state index in [2.05, 4.69) is 9.73 Å². The van der Waals surface area contributed by atoms with Crippen molar-refractivity contribution in [3.8, 4) is 0 Å². The Morgan fingerprint density at radius 1 is 1.48 bits per heavy atom. The Labute approximate surface area is 142 Å². The van der Waals surface area contributed by atoms with Crippen LogP contribution >= 0.6 is 0 Å². The highest BCUT2D eigenvalue weighted by molar-refractivity contribution is 5.79. The van der Waals surface area contributed by atoms with Crippen LogP contribution in [0.4, 0.5) is 0 Å². The van der Waals surface area contributed by atoms with Crippen molar-refractivity contribution in [2.75, 3.05) is 26.3 Å². The van der Waals surface area contributed by atoms with Crippen molar-refractivity contribution in [3.63, 3.8) is 0 Å². The monoisotopic (exact) mass is 348 g/mol. The molecule has 0 bridgehead atoms. The molecule has 132 valence electrons. The fraction of sp³-hybridized carbons (Fsp3) is 0.533. The van der Waals surface area contributed by atoms with Gasteiger partial charge in [0.25, 0.3) is 11.4 Å². The third-order valence-electron chi connectivity index (χ3n) is 4.45. The molecule has 1 N–H and O–H groups in total. The Morgan fingerprint density at radius 3 is 2.76 bits per heavy atom. The van der Waals surface area contributed by atoms with E-state index in [1.54, 1.807) is 0 Å². The molecule has 25 heavy (non-hydrogen) atoms. The number of morpholine rings is 1. The number of nitrogens with one attached hydrogen (secondary N) is 1. The largest absolute Gasteiger partial charge is 0.763 e. The van der Waals surface area contributed by atoms with Gasteiger partial charge in [-0.25, -0.2) is 4.58 Å². The number of hydrogen-bond donors (Lipinski definition) is 1. The molecular weight excluding hydrogens is 330 g/mol. The van der Waals surface area contributed by atoms with Crippen LogP contribution < -0.4 is 4.60 Å². The van der Waals surface area contributed by atoms with Crippen molar-refractivity contribution in [3.05, 3.63) is 43.5 Å². The van der Waals surface area contributed by atoms with Crippen LogP contribution in [0.1, 0.15) is 31.2 Å². The Kier molecular flexibility index (Phi) is 4.23. The predicted molar refractivity (Wildman–Crippen MR) is 86.7 cm³/mol. The highest BCUT2D eigenvalue weighted by atomic mass is 16.7. The van der Waals surface area contributed by atoms with Gasteiger partial charge in [-0.2, -0.15) is 0 Å². The lowest BCUT2D eigenvalue weighted by molar-refractivity contribution is -0.720. The van der Waals surface area contributed by atoms with E-state index in [1.807, 2.05) is 25.9 Å². The van der Waals surface area contributed by atoms with Gasteiger partial charge in [0, 0.05) is 6.08 Å². The molecular formula is C15H18N5O5+. The molecule has 3 rings (SSSR count). The molecule has 0 amide bonds. The molecule has 1 unspecified atom stereocenters. The summed E-state index contributed by atoms with van der Waals surface area (Å²) in [7, 11) is 0. The summed E-state index contributed by atoms with van der Waals surface area (Å²) in [6, 6.07) is 0. The minimum absolute atomic E-state index is 0.00699. The van der Waals surface area contributed by atoms with Crippen molar-refractivity contribution in [1.82, 2.24) is 5.16 Å². The van der Waals surface area contributed by atoms with Crippen molar-refractivity contribution in [2.45, 2.75) is 19.8 Å². The fourth-order valence-electron chi connectivity index (χ4n) is 3.41. The molecule has 1 aliphatic carbocycles. The molecule has 10 nitrogen and oxygen atoms in total. The summed E-state index contributed by atoms with van der Waals surface area (Å²) in [4.78, 5) is 22.8. The van der Waals surface area contributed by atoms with Gasteiger partial charge in [-0.05, 0) is 24.3 Å². The van der Waals surface area contributed by atoms with E-state index in [9.17, 15) is 20.4 Å². The van der Waals surface area contributed by atoms with Crippen molar-refractivity contribution < 1.29 is 23.5 Å². The highest BCUT2D eigenvalue weighted by Crippen LogP contribution is 2.44. The first-order valence-corrected chi connectivity index (χ1v) is 7.81. The summed E-state index contributed by atoms with van der Waals surface area (Å²) in [5, 5.41) is 23.1. The summed E-state index contributed by atoms with van der Waals surface area (Å²) in [6.45, 7) is 6.37. The van der Waals surface area contributed by atoms with E-state index in [4.69, 9.17) is 9.37 Å². The molecule has 2 heterocycles. The van der Waals surface area contributed by atoms with E-state index in [0.29, 0.717) is 26.3 Å². The molecule has 0 saturated carbocycles. The molecule has 0 aromatic carbocycles. The fourth-order valence-corrected chi connectivity index (χ4v) is 3.41. The van der Waals surface area contributed by atoms with Gasteiger partial charge in [0.1, 0.15) is 19.4 Å². The highest BCUT2D eigenvalue weighted by Gasteiger charge is 2.49. The van der Waals surface area contributed by atoms with E-state index in [1.165, 1.54) is 6.08 Å². The minimum Gasteiger partial charge on any atom is -0.763 e. The second-order valence-corrected chi connectivity index (χ2v) is 6.60. The number of aromatic amines is 1. The number of hydrogen-bond acceptors (Lipinski definition) is 5. The molecule has 1 aliphatic heterocycles. The van der Waals surface area contributed by atoms with Gasteiger partial charge < -0.3 is 10.1 Å². The number of aromatic nitrogens is 2. The summed E-state index contributed by atoms with van der Waals surface area (Å²) >= 11 is 0. The Balaban J connectivity index is 2.14. The first-order chi connectivity index (χ1) is 11.8. The molecule has 0 spiro atoms. The van der Waals surface area contributed by atoms with Gasteiger partial charge in [-0.3, -0.25) is 16.0 Å². The molecule has 1 aromatic rings. The second kappa shape index (κ2) is 6.23. The zero-order valence-corrected chi connectivity index (χ0v) is 13.9. The third-order valence-corrected chi connectivity index (χ3v) is 4.45. The number of rotatable bonds is 3. The van der Waals surface area contributed by atoms with Crippen LogP contribution in [0, 0.1) is 20.4 Å². The first kappa shape index (κ1) is 17.0. The molecule has 2 aliphatic rings. The predicted octanol–water partition coefficient (Wildman–Crippen LogP) is 0.542. The normalized spacial score (nSPS) is 20.6. The number of ether oxygens (including phenoxy) is 1. The van der Waals surface area contributed by atoms with Gasteiger partial charge in [0.15, 0.2) is 17.7 Å². The average Bonchev–Trinajstić information content (AvgIpc) is 2.95. The Morgan fingerprint density at radius 2 is 2.16 bits per heavy atom. The minimum atomic E-state index is -0.674. The van der Waals surface area contributed by atoms with Gasteiger partial charge in [-0.1, -0.05) is 9.79 Å². The number of allylic oxidation sites excluding steroid dienone is 2. The zero-order valence-electron chi connectivity index (χ0n) is 13.9. The SMILES string of the molecule is CC(C)(C=[N+]1CCOCC1)C1C(=C=[N-])C=C([N+](=O)[O-])c2[nH]o[n+](=O)c21. The lowest BCUT2D eigenvalue weighted by Gasteiger charge is -2.29. The standard InChI is InChI=1S/C15H18N5O5/c1-15(2,9-18-3-5-24-6-4-18)12-10(8-16)7-11(19(21)22)13-14(12)20(23)25-17-13/h7,9,12,17H,3-6H2,1-2H3/q+1. The summed E-state index contributed by atoms with van der Waals surface area (Å²) in [5.74, 6) is 1.33. The zero-order chi connectivity index (χ0) is 18.2. The van der Waals surface area contributed by atoms with E-state index in [-0.39, 0.29) is 27.3 Å². The van der Waals surface area contributed by atoms with E-state index in [0.717, 1.165) is 0 Å². The molecule has 10 heteroatoms. The summed E-state index contributed by atoms with van der Waals surface area (Å²) < 4.78 is 12.3. The molecule has 1 fully saturated rings. The van der Waals surface area contributed by atoms with E-state index < -0.39 is 16.3 Å². The Hall–Kier alpha value is -2.84. The summed E-state index contributed by atoms with van der Waals surface area (Å²) in [5.41, 5.74) is -0.830. The second-order valence-electron chi connectivity index (χ2n) is 6.60. The van der Waals surface area contributed by atoms with Crippen LogP contribution in [0.3, 0.4) is 0 Å². The van der Waals surface area contributed by atoms with Crippen molar-refractivity contribution in [2.24, 2.45) is 5.41 Å². The maximum absolute atomic E-state index is 12.1. The lowest BCUT2D eigenvalue weighted by atomic mass is 9.71. The van der Waals surface area contributed by atoms with E-state index >= 15 is 0 Å². The number of nitro groups is 1. The van der Waals surface area contributed by atoms with Crippen LogP contribution in [0.15, 0.2) is 16.3 Å². The first-order valence-electron chi connectivity index (χ1n) is 7.81. The van der Waals surface area contributed by atoms with Crippen molar-refractivity contribution in [1.29, 1.82) is 0 Å². The third kappa shape index (κ3) is 2.97. The number of fused-ring (bicyclic) bond motifs is 1. The van der Waals surface area contributed by atoms with Crippen molar-refractivity contribution >= 4 is 17.8 Å². The average molecular weight is 348 g/mol. The smallest absolute Gasteiger partial charge is 0.324 e. The van der Waals surface area contributed by atoms with Gasteiger partial charge in [0.05, 0.1) is 16.3 Å². The summed E-state index contributed by atoms with van der Waals surface area (Å²) in [6.07, 6.45) is 3.16. The number of nitrogens with zero attached hydrogens (tertiary/aromatic N) is 4. The lowest BCUT2D eigenvalue weighted by Crippen LogP contribution is -2.39. The van der Waals surface area contributed by atoms with Crippen LogP contribution in [0.2, 0.25) is 0 Å². The maximum atomic E-state index is 12.1. The van der Waals surface area contributed by atoms with Crippen LogP contribution in [-0.4, -0.2) is 53.0 Å². The van der Waals surface area contributed by atoms with Gasteiger partial charge in [0.2, 0.25) is 0 Å². The van der Waals surface area contributed by atoms with Crippen LogP contribution in [0.5, 0.6) is 0 Å². The number of H-pyrrole nitrogens is 1. The maximum Gasteiger partial charge on any atom is 0.324 e. The molecule has 0 radical (unpaired) electrons. The van der Waals surface area contributed by atoms with Gasteiger partial charge in [-0.15, -0.1) is 0 Å². The van der Waals surface area contributed by atoms with Crippen LogP contribution in [-0.2, 0) is 4.74 Å². The molecule has 1 aromatic heterocycles. The Bertz CT molecular complexity index is 876. The van der Waals surface area contributed by atoms with Gasteiger partial charge >= 0.3 is 5.70 Å². The van der Waals surface area contributed by atoms with Crippen LogP contribution in [0.25, 0.3) is 11.1 Å². The molecule has 1 saturated heterocycles. The molecule has 1 atom stereocenters.